The van der Waals surface area contributed by atoms with Gasteiger partial charge in [-0.15, -0.1) is 0 Å². The highest BCUT2D eigenvalue weighted by Gasteiger charge is 2.25. The molecule has 0 saturated carbocycles. The van der Waals surface area contributed by atoms with Crippen molar-refractivity contribution in [2.45, 2.75) is 48.0 Å². The Bertz CT molecular complexity index is 2040. The second-order valence-corrected chi connectivity index (χ2v) is 10.9. The van der Waals surface area contributed by atoms with Gasteiger partial charge in [0.2, 0.25) is 0 Å². The van der Waals surface area contributed by atoms with Gasteiger partial charge in [0.1, 0.15) is 0 Å². The molecule has 10 rings (SSSR count). The summed E-state index contributed by atoms with van der Waals surface area (Å²) in [5, 5.41) is 5.06. The molecule has 0 bridgehead atoms. The molecule has 4 nitrogen and oxygen atoms in total. The lowest BCUT2D eigenvalue weighted by molar-refractivity contribution is 1.09. The van der Waals surface area contributed by atoms with E-state index < -0.39 is 0 Å². The van der Waals surface area contributed by atoms with E-state index in [4.69, 9.17) is 19.9 Å². The summed E-state index contributed by atoms with van der Waals surface area (Å²) in [7, 11) is 0. The van der Waals surface area contributed by atoms with Crippen LogP contribution in [0.2, 0.25) is 0 Å². The smallest absolute Gasteiger partial charge is 0.0979 e. The van der Waals surface area contributed by atoms with Gasteiger partial charge in [-0.3, -0.25) is 0 Å². The lowest BCUT2D eigenvalue weighted by Gasteiger charge is -2.02. The number of benzene rings is 6. The van der Waals surface area contributed by atoms with Crippen molar-refractivity contribution in [2.75, 3.05) is 0 Å². The van der Waals surface area contributed by atoms with Crippen molar-refractivity contribution in [2.24, 2.45) is 0 Å². The molecule has 0 atom stereocenters. The number of para-hydroxylation sites is 4. The van der Waals surface area contributed by atoms with Crippen LogP contribution in [0.15, 0.2) is 121 Å². The Morgan fingerprint density at radius 3 is 0.809 bits per heavy atom. The molecule has 0 saturated heterocycles. The van der Waals surface area contributed by atoms with Crippen molar-refractivity contribution in [3.05, 3.63) is 121 Å². The van der Waals surface area contributed by atoms with E-state index >= 15 is 0 Å². The van der Waals surface area contributed by atoms with Gasteiger partial charge in [-0.05, 0) is 35.0 Å². The fourth-order valence-corrected chi connectivity index (χ4v) is 6.22. The summed E-state index contributed by atoms with van der Waals surface area (Å²) in [5.74, 6) is 0. The van der Waals surface area contributed by atoms with Gasteiger partial charge in [0, 0.05) is 33.0 Å². The van der Waals surface area contributed by atoms with E-state index in [0.717, 1.165) is 44.8 Å². The lowest BCUT2D eigenvalue weighted by atomic mass is 10.0. The van der Waals surface area contributed by atoms with Crippen molar-refractivity contribution >= 4 is 43.6 Å². The first kappa shape index (κ1) is 31.5. The molecule has 0 amide bonds. The molecule has 2 aliphatic carbocycles. The number of fused-ring (bicyclic) bond motifs is 8. The van der Waals surface area contributed by atoms with Crippen LogP contribution in [-0.4, -0.2) is 19.9 Å². The first-order valence-electron chi connectivity index (χ1n) is 16.8. The summed E-state index contributed by atoms with van der Waals surface area (Å²) in [6.45, 7) is 12.2. The van der Waals surface area contributed by atoms with Crippen molar-refractivity contribution in [1.82, 2.24) is 19.9 Å². The first-order chi connectivity index (χ1) is 23.2. The maximum Gasteiger partial charge on any atom is 0.0979 e. The van der Waals surface area contributed by atoms with Crippen LogP contribution in [0, 0.1) is 0 Å². The molecule has 2 aliphatic rings. The minimum atomic E-state index is 0.955. The Labute approximate surface area is 277 Å². The number of rotatable bonds is 0. The summed E-state index contributed by atoms with van der Waals surface area (Å²) in [4.78, 5) is 19.3. The van der Waals surface area contributed by atoms with Crippen molar-refractivity contribution in [3.63, 3.8) is 0 Å². The first-order valence-corrected chi connectivity index (χ1v) is 16.8. The summed E-state index contributed by atoms with van der Waals surface area (Å²) < 4.78 is 0. The third-order valence-electron chi connectivity index (χ3n) is 7.97. The average molecular weight is 613 g/mol. The predicted octanol–water partition coefficient (Wildman–Crippen LogP) is 12.3. The quantitative estimate of drug-likeness (QED) is 0.171. The van der Waals surface area contributed by atoms with Crippen molar-refractivity contribution in [3.8, 4) is 45.0 Å². The molecule has 0 spiro atoms. The summed E-state index contributed by atoms with van der Waals surface area (Å²) in [6, 6.07) is 41.6. The van der Waals surface area contributed by atoms with Gasteiger partial charge in [0.25, 0.3) is 0 Å². The Balaban J connectivity index is 0.000000139. The maximum atomic E-state index is 4.83. The number of hydrogen-bond donors (Lipinski definition) is 0. The molecule has 2 aromatic heterocycles. The van der Waals surface area contributed by atoms with Gasteiger partial charge in [-0.1, -0.05) is 145 Å². The molecule has 0 aliphatic heterocycles. The Hall–Kier alpha value is -5.48. The number of aromatic nitrogens is 4. The van der Waals surface area contributed by atoms with Gasteiger partial charge < -0.3 is 0 Å². The molecule has 0 radical (unpaired) electrons. The minimum Gasteiger partial charge on any atom is -0.244 e. The Morgan fingerprint density at radius 2 is 0.574 bits per heavy atom. The van der Waals surface area contributed by atoms with E-state index in [1.807, 2.05) is 76.2 Å². The molecule has 0 N–H and O–H groups in total. The number of hydrogen-bond acceptors (Lipinski definition) is 4. The molecular weight excluding hydrogens is 573 g/mol. The Morgan fingerprint density at radius 1 is 0.340 bits per heavy atom. The fraction of sp³-hybridized carbons (Fsp3) is 0.163. The zero-order valence-corrected chi connectivity index (χ0v) is 28.0. The summed E-state index contributed by atoms with van der Waals surface area (Å²) >= 11 is 0. The van der Waals surface area contributed by atoms with Gasteiger partial charge >= 0.3 is 0 Å². The average Bonchev–Trinajstić information content (AvgIpc) is 3.63. The normalized spacial score (nSPS) is 10.9. The highest BCUT2D eigenvalue weighted by Crippen LogP contribution is 2.46. The molecule has 232 valence electrons. The van der Waals surface area contributed by atoms with E-state index in [9.17, 15) is 0 Å². The fourth-order valence-electron chi connectivity index (χ4n) is 6.22. The highest BCUT2D eigenvalue weighted by atomic mass is 14.8. The van der Waals surface area contributed by atoms with Crippen LogP contribution < -0.4 is 0 Å². The van der Waals surface area contributed by atoms with E-state index in [2.05, 4.69) is 86.6 Å². The molecule has 0 fully saturated rings. The van der Waals surface area contributed by atoms with E-state index in [1.54, 1.807) is 0 Å². The minimum absolute atomic E-state index is 0.955. The second kappa shape index (κ2) is 13.9. The maximum absolute atomic E-state index is 4.83. The lowest BCUT2D eigenvalue weighted by Crippen LogP contribution is -1.89. The molecule has 6 aromatic carbocycles. The van der Waals surface area contributed by atoms with Crippen molar-refractivity contribution in [1.29, 1.82) is 0 Å². The standard InChI is InChI=1S/2C18H10N2.C3H8.2C2H6/c2*1-2-10-15-14(9-1)19-17-12-7-3-5-11-6-4-8-13(16(11)12)18(17)20-15;1-3-2;2*1-2/h2*1-10H;3H2,1-2H3;2*1-2H3. The third kappa shape index (κ3) is 5.50. The zero-order valence-electron chi connectivity index (χ0n) is 28.0. The monoisotopic (exact) mass is 612 g/mol. The van der Waals surface area contributed by atoms with E-state index in [-0.39, 0.29) is 0 Å². The van der Waals surface area contributed by atoms with Crippen LogP contribution in [0.3, 0.4) is 0 Å². The Kier molecular flexibility index (Phi) is 9.30. The van der Waals surface area contributed by atoms with Crippen LogP contribution in [0.5, 0.6) is 0 Å². The number of nitrogens with zero attached hydrogens (tertiary/aromatic N) is 4. The predicted molar refractivity (Wildman–Crippen MR) is 202 cm³/mol. The van der Waals surface area contributed by atoms with Crippen LogP contribution in [-0.2, 0) is 0 Å². The molecule has 4 heteroatoms. The largest absolute Gasteiger partial charge is 0.244 e. The van der Waals surface area contributed by atoms with Gasteiger partial charge in [0.05, 0.1) is 44.8 Å². The van der Waals surface area contributed by atoms with Gasteiger partial charge in [-0.2, -0.15) is 0 Å². The van der Waals surface area contributed by atoms with Crippen molar-refractivity contribution < 1.29 is 0 Å². The second-order valence-electron chi connectivity index (χ2n) is 10.9. The molecule has 8 aromatic rings. The summed E-state index contributed by atoms with van der Waals surface area (Å²) in [5.41, 5.74) is 12.7. The highest BCUT2D eigenvalue weighted by molar-refractivity contribution is 6.15. The van der Waals surface area contributed by atoms with Crippen LogP contribution in [0.1, 0.15) is 48.0 Å². The molecule has 2 heterocycles. The summed E-state index contributed by atoms with van der Waals surface area (Å²) in [6.07, 6.45) is 1.25. The SMILES string of the molecule is CC.CC.CCC.c1cc2c3c(cccc3c1)-c1nc3ccccc3nc1-2.c1cc2c3c(cccc3c1)-c1nc3ccccc3nc1-2. The van der Waals surface area contributed by atoms with Crippen LogP contribution in [0.25, 0.3) is 88.6 Å². The molecular formula is C43H40N4. The molecule has 47 heavy (non-hydrogen) atoms. The van der Waals surface area contributed by atoms with Gasteiger partial charge in [0.15, 0.2) is 0 Å². The van der Waals surface area contributed by atoms with Gasteiger partial charge in [-0.25, -0.2) is 19.9 Å². The van der Waals surface area contributed by atoms with E-state index in [1.165, 1.54) is 50.2 Å². The molecule has 0 unspecified atom stereocenters. The topological polar surface area (TPSA) is 51.6 Å². The zero-order chi connectivity index (χ0) is 32.9. The van der Waals surface area contributed by atoms with Crippen LogP contribution in [0.4, 0.5) is 0 Å². The van der Waals surface area contributed by atoms with Crippen LogP contribution >= 0.6 is 0 Å². The van der Waals surface area contributed by atoms with E-state index in [0.29, 0.717) is 0 Å². The third-order valence-corrected chi connectivity index (χ3v) is 7.97.